The molecule has 6 heteroatoms. The van der Waals surface area contributed by atoms with Gasteiger partial charge in [0, 0.05) is 10.9 Å². The smallest absolute Gasteiger partial charge is 0.337 e. The molecule has 2 heterocycles. The molecule has 6 nitrogen and oxygen atoms in total. The number of carbonyl (C=O) groups is 2. The maximum absolute atomic E-state index is 11.2. The fourth-order valence-corrected chi connectivity index (χ4v) is 1.94. The minimum absolute atomic E-state index is 0.106. The normalized spacial score (nSPS) is 10.7. The number of carboxylic acid groups (broad SMARTS) is 1. The molecular formula is C13H8N2O4. The Morgan fingerprint density at radius 3 is 2.89 bits per heavy atom. The van der Waals surface area contributed by atoms with Crippen molar-refractivity contribution in [1.29, 1.82) is 0 Å². The SMILES string of the molecule is O=Cc1ccc(-c2cc(C(=O)O)c3[nH]ncc3c2)o1. The van der Waals surface area contributed by atoms with Crippen LogP contribution in [0.15, 0.2) is 34.9 Å². The van der Waals surface area contributed by atoms with Crippen molar-refractivity contribution in [2.45, 2.75) is 0 Å². The molecule has 0 aliphatic heterocycles. The third-order valence-electron chi connectivity index (χ3n) is 2.81. The van der Waals surface area contributed by atoms with Gasteiger partial charge < -0.3 is 9.52 Å². The number of benzene rings is 1. The number of aromatic carboxylic acids is 1. The van der Waals surface area contributed by atoms with Crippen LogP contribution in [0.2, 0.25) is 0 Å². The van der Waals surface area contributed by atoms with Gasteiger partial charge in [0.15, 0.2) is 12.0 Å². The lowest BCUT2D eigenvalue weighted by Crippen LogP contribution is -1.98. The highest BCUT2D eigenvalue weighted by Crippen LogP contribution is 2.27. The van der Waals surface area contributed by atoms with E-state index in [1.807, 2.05) is 0 Å². The van der Waals surface area contributed by atoms with Crippen LogP contribution >= 0.6 is 0 Å². The molecule has 0 saturated carbocycles. The second-order valence-electron chi connectivity index (χ2n) is 3.98. The monoisotopic (exact) mass is 256 g/mol. The number of nitrogens with one attached hydrogen (secondary N) is 1. The first-order chi connectivity index (χ1) is 9.19. The Morgan fingerprint density at radius 1 is 1.37 bits per heavy atom. The summed E-state index contributed by atoms with van der Waals surface area (Å²) in [6, 6.07) is 6.38. The largest absolute Gasteiger partial charge is 0.478 e. The first-order valence-electron chi connectivity index (χ1n) is 5.45. The first kappa shape index (κ1) is 11.2. The molecule has 0 atom stereocenters. The Hall–Kier alpha value is -2.89. The Morgan fingerprint density at radius 2 is 2.21 bits per heavy atom. The maximum atomic E-state index is 11.2. The summed E-state index contributed by atoms with van der Waals surface area (Å²) in [7, 11) is 0. The van der Waals surface area contributed by atoms with Gasteiger partial charge in [0.1, 0.15) is 5.76 Å². The van der Waals surface area contributed by atoms with Crippen molar-refractivity contribution < 1.29 is 19.1 Å². The number of aromatic amines is 1. The van der Waals surface area contributed by atoms with Crippen LogP contribution in [0, 0.1) is 0 Å². The first-order valence-corrected chi connectivity index (χ1v) is 5.45. The molecule has 0 saturated heterocycles. The van der Waals surface area contributed by atoms with Crippen LogP contribution in [-0.2, 0) is 0 Å². The third-order valence-corrected chi connectivity index (χ3v) is 2.81. The van der Waals surface area contributed by atoms with Crippen LogP contribution in [0.5, 0.6) is 0 Å². The fraction of sp³-hybridized carbons (Fsp3) is 0. The van der Waals surface area contributed by atoms with Crippen LogP contribution in [0.3, 0.4) is 0 Å². The molecule has 0 radical (unpaired) electrons. The second-order valence-corrected chi connectivity index (χ2v) is 3.98. The summed E-state index contributed by atoms with van der Waals surface area (Å²) in [5, 5.41) is 16.3. The lowest BCUT2D eigenvalue weighted by atomic mass is 10.1. The predicted octanol–water partition coefficient (Wildman–Crippen LogP) is 2.33. The highest BCUT2D eigenvalue weighted by molar-refractivity contribution is 6.03. The van der Waals surface area contributed by atoms with Crippen LogP contribution in [0.1, 0.15) is 20.9 Å². The van der Waals surface area contributed by atoms with Crippen molar-refractivity contribution in [1.82, 2.24) is 10.2 Å². The summed E-state index contributed by atoms with van der Waals surface area (Å²) in [4.78, 5) is 21.8. The highest BCUT2D eigenvalue weighted by Gasteiger charge is 2.14. The molecule has 3 rings (SSSR count). The number of carbonyl (C=O) groups excluding carboxylic acids is 1. The van der Waals surface area contributed by atoms with Crippen molar-refractivity contribution in [3.05, 3.63) is 41.8 Å². The van der Waals surface area contributed by atoms with Gasteiger partial charge in [-0.05, 0) is 24.3 Å². The molecule has 1 aromatic carbocycles. The van der Waals surface area contributed by atoms with E-state index in [1.165, 1.54) is 18.3 Å². The highest BCUT2D eigenvalue weighted by atomic mass is 16.4. The fourth-order valence-electron chi connectivity index (χ4n) is 1.94. The van der Waals surface area contributed by atoms with E-state index in [0.29, 0.717) is 28.5 Å². The number of hydrogen-bond acceptors (Lipinski definition) is 4. The van der Waals surface area contributed by atoms with Gasteiger partial charge in [-0.3, -0.25) is 9.89 Å². The standard InChI is InChI=1S/C13H8N2O4/c16-6-9-1-2-11(19-9)7-3-8-5-14-15-12(8)10(4-7)13(17)18/h1-6H,(H,14,15)(H,17,18). The van der Waals surface area contributed by atoms with Crippen LogP contribution in [0.4, 0.5) is 0 Å². The molecule has 0 spiro atoms. The Bertz CT molecular complexity index is 785. The summed E-state index contributed by atoms with van der Waals surface area (Å²) in [6.45, 7) is 0. The van der Waals surface area contributed by atoms with Crippen LogP contribution in [-0.4, -0.2) is 27.6 Å². The summed E-state index contributed by atoms with van der Waals surface area (Å²) in [5.41, 5.74) is 1.15. The number of furan rings is 1. The molecule has 2 N–H and O–H groups in total. The number of aromatic nitrogens is 2. The van der Waals surface area contributed by atoms with Crippen molar-refractivity contribution in [2.24, 2.45) is 0 Å². The molecule has 0 fully saturated rings. The van der Waals surface area contributed by atoms with Gasteiger partial charge >= 0.3 is 5.97 Å². The zero-order chi connectivity index (χ0) is 13.4. The van der Waals surface area contributed by atoms with Crippen molar-refractivity contribution >= 4 is 23.2 Å². The summed E-state index contributed by atoms with van der Waals surface area (Å²) in [6.07, 6.45) is 2.13. The second kappa shape index (κ2) is 4.09. The zero-order valence-corrected chi connectivity index (χ0v) is 9.58. The number of carboxylic acids is 1. The number of aldehydes is 1. The maximum Gasteiger partial charge on any atom is 0.337 e. The molecular weight excluding hydrogens is 248 g/mol. The number of H-pyrrole nitrogens is 1. The van der Waals surface area contributed by atoms with Crippen molar-refractivity contribution in [2.75, 3.05) is 0 Å². The quantitative estimate of drug-likeness (QED) is 0.701. The van der Waals surface area contributed by atoms with Gasteiger partial charge in [0.05, 0.1) is 17.3 Å². The topological polar surface area (TPSA) is 96.2 Å². The van der Waals surface area contributed by atoms with Gasteiger partial charge in [-0.25, -0.2) is 4.79 Å². The molecule has 2 aromatic heterocycles. The minimum atomic E-state index is -1.06. The number of nitrogens with zero attached hydrogens (tertiary/aromatic N) is 1. The summed E-state index contributed by atoms with van der Waals surface area (Å²) >= 11 is 0. The van der Waals surface area contributed by atoms with E-state index in [2.05, 4.69) is 10.2 Å². The average Bonchev–Trinajstić information content (AvgIpc) is 3.05. The lowest BCUT2D eigenvalue weighted by molar-refractivity contribution is 0.0698. The van der Waals surface area contributed by atoms with Gasteiger partial charge in [-0.15, -0.1) is 0 Å². The van der Waals surface area contributed by atoms with E-state index in [0.717, 1.165) is 0 Å². The molecule has 0 aliphatic rings. The Balaban J connectivity index is 2.23. The Labute approximate surface area is 106 Å². The van der Waals surface area contributed by atoms with E-state index < -0.39 is 5.97 Å². The summed E-state index contributed by atoms with van der Waals surface area (Å²) < 4.78 is 5.29. The van der Waals surface area contributed by atoms with Crippen LogP contribution < -0.4 is 0 Å². The van der Waals surface area contributed by atoms with Crippen molar-refractivity contribution in [3.8, 4) is 11.3 Å². The van der Waals surface area contributed by atoms with Crippen molar-refractivity contribution in [3.63, 3.8) is 0 Å². The molecule has 0 bridgehead atoms. The number of fused-ring (bicyclic) bond motifs is 1. The van der Waals surface area contributed by atoms with Crippen LogP contribution in [0.25, 0.3) is 22.2 Å². The summed E-state index contributed by atoms with van der Waals surface area (Å²) in [5.74, 6) is -0.426. The predicted molar refractivity (Wildman–Crippen MR) is 66.1 cm³/mol. The van der Waals surface area contributed by atoms with Gasteiger partial charge in [-0.1, -0.05) is 0 Å². The van der Waals surface area contributed by atoms with E-state index >= 15 is 0 Å². The van der Waals surface area contributed by atoms with E-state index in [1.54, 1.807) is 12.1 Å². The molecule has 0 amide bonds. The van der Waals surface area contributed by atoms with E-state index in [4.69, 9.17) is 4.42 Å². The zero-order valence-electron chi connectivity index (χ0n) is 9.58. The molecule has 3 aromatic rings. The molecule has 0 aliphatic carbocycles. The molecule has 0 unspecified atom stereocenters. The lowest BCUT2D eigenvalue weighted by Gasteiger charge is -2.01. The van der Waals surface area contributed by atoms with Gasteiger partial charge in [-0.2, -0.15) is 5.10 Å². The average molecular weight is 256 g/mol. The number of hydrogen-bond donors (Lipinski definition) is 2. The number of rotatable bonds is 3. The molecule has 94 valence electrons. The Kier molecular flexibility index (Phi) is 2.42. The minimum Gasteiger partial charge on any atom is -0.478 e. The van der Waals surface area contributed by atoms with Gasteiger partial charge in [0.25, 0.3) is 0 Å². The van der Waals surface area contributed by atoms with E-state index in [-0.39, 0.29) is 11.3 Å². The molecule has 19 heavy (non-hydrogen) atoms. The third kappa shape index (κ3) is 1.79. The van der Waals surface area contributed by atoms with E-state index in [9.17, 15) is 14.7 Å². The van der Waals surface area contributed by atoms with Gasteiger partial charge in [0.2, 0.25) is 0 Å².